The third-order valence-corrected chi connectivity index (χ3v) is 4.30. The number of hydrogen-bond donors (Lipinski definition) is 1. The zero-order valence-corrected chi connectivity index (χ0v) is 11.6. The molecule has 0 saturated carbocycles. The van der Waals surface area contributed by atoms with E-state index in [1.165, 1.54) is 4.88 Å². The van der Waals surface area contributed by atoms with Gasteiger partial charge in [0.2, 0.25) is 5.95 Å². The van der Waals surface area contributed by atoms with Gasteiger partial charge in [0.1, 0.15) is 0 Å². The van der Waals surface area contributed by atoms with Crippen LogP contribution in [0.4, 0.5) is 5.95 Å². The quantitative estimate of drug-likeness (QED) is 0.776. The van der Waals surface area contributed by atoms with Crippen molar-refractivity contribution in [2.24, 2.45) is 0 Å². The first kappa shape index (κ1) is 11.8. The molecule has 0 aliphatic rings. The van der Waals surface area contributed by atoms with Gasteiger partial charge in [-0.15, -0.1) is 11.3 Å². The summed E-state index contributed by atoms with van der Waals surface area (Å²) in [4.78, 5) is 5.51. The molecule has 0 saturated heterocycles. The van der Waals surface area contributed by atoms with Crippen LogP contribution in [0, 0.1) is 0 Å². The minimum absolute atomic E-state index is 0.469. The van der Waals surface area contributed by atoms with E-state index in [9.17, 15) is 0 Å². The lowest BCUT2D eigenvalue weighted by molar-refractivity contribution is 0.853. The summed E-state index contributed by atoms with van der Waals surface area (Å²) < 4.78 is 1.93. The fraction of sp³-hybridized carbons (Fsp3) is 0.0833. The Morgan fingerprint density at radius 2 is 2.06 bits per heavy atom. The van der Waals surface area contributed by atoms with Gasteiger partial charge in [0.15, 0.2) is 0 Å². The fourth-order valence-corrected chi connectivity index (χ4v) is 2.87. The van der Waals surface area contributed by atoms with E-state index in [1.54, 1.807) is 23.5 Å². The van der Waals surface area contributed by atoms with E-state index in [4.69, 9.17) is 28.9 Å². The molecular weight excluding hydrogens is 289 g/mol. The van der Waals surface area contributed by atoms with Gasteiger partial charge in [-0.1, -0.05) is 29.3 Å². The van der Waals surface area contributed by atoms with E-state index in [1.807, 2.05) is 16.0 Å². The molecule has 0 radical (unpaired) electrons. The molecule has 18 heavy (non-hydrogen) atoms. The summed E-state index contributed by atoms with van der Waals surface area (Å²) >= 11 is 13.7. The second-order valence-electron chi connectivity index (χ2n) is 3.89. The normalized spacial score (nSPS) is 11.2. The van der Waals surface area contributed by atoms with Crippen LogP contribution in [0.25, 0.3) is 11.0 Å². The molecule has 0 fully saturated rings. The summed E-state index contributed by atoms with van der Waals surface area (Å²) in [5, 5.41) is 3.04. The third-order valence-electron chi connectivity index (χ3n) is 2.71. The monoisotopic (exact) mass is 297 g/mol. The van der Waals surface area contributed by atoms with Crippen molar-refractivity contribution in [3.05, 3.63) is 44.6 Å². The predicted molar refractivity (Wildman–Crippen MR) is 77.6 cm³/mol. The Bertz CT molecular complexity index is 704. The lowest BCUT2D eigenvalue weighted by atomic mass is 10.3. The molecule has 0 spiro atoms. The van der Waals surface area contributed by atoms with Crippen molar-refractivity contribution < 1.29 is 0 Å². The van der Waals surface area contributed by atoms with E-state index in [-0.39, 0.29) is 0 Å². The highest BCUT2D eigenvalue weighted by molar-refractivity contribution is 7.09. The Balaban J connectivity index is 2.16. The molecule has 92 valence electrons. The Hall–Kier alpha value is -1.23. The molecular formula is C12H9Cl2N3S. The molecule has 3 aromatic rings. The molecule has 3 rings (SSSR count). The highest BCUT2D eigenvalue weighted by Gasteiger charge is 2.11. The predicted octanol–water partition coefficient (Wildman–Crippen LogP) is 4.04. The van der Waals surface area contributed by atoms with E-state index >= 15 is 0 Å². The average Bonchev–Trinajstić information content (AvgIpc) is 2.92. The van der Waals surface area contributed by atoms with Crippen LogP contribution in [0.2, 0.25) is 10.0 Å². The minimum Gasteiger partial charge on any atom is -0.369 e. The number of imidazole rings is 1. The Morgan fingerprint density at radius 3 is 2.78 bits per heavy atom. The van der Waals surface area contributed by atoms with Crippen LogP contribution >= 0.6 is 34.5 Å². The van der Waals surface area contributed by atoms with Gasteiger partial charge in [-0.2, -0.15) is 0 Å². The molecule has 0 bridgehead atoms. The van der Waals surface area contributed by atoms with Crippen molar-refractivity contribution in [3.63, 3.8) is 0 Å². The molecule has 2 aromatic heterocycles. The number of nitrogens with two attached hydrogens (primary N) is 1. The largest absolute Gasteiger partial charge is 0.369 e. The maximum Gasteiger partial charge on any atom is 0.201 e. The average molecular weight is 298 g/mol. The van der Waals surface area contributed by atoms with E-state index in [0.29, 0.717) is 22.5 Å². The van der Waals surface area contributed by atoms with Crippen LogP contribution in [0.1, 0.15) is 4.88 Å². The second kappa shape index (κ2) is 4.46. The van der Waals surface area contributed by atoms with Crippen molar-refractivity contribution >= 4 is 51.5 Å². The van der Waals surface area contributed by atoms with Crippen LogP contribution in [-0.2, 0) is 6.54 Å². The summed E-state index contributed by atoms with van der Waals surface area (Å²) in [7, 11) is 0. The van der Waals surface area contributed by atoms with Crippen LogP contribution in [0.15, 0.2) is 29.6 Å². The van der Waals surface area contributed by atoms with E-state index < -0.39 is 0 Å². The van der Waals surface area contributed by atoms with Crippen LogP contribution in [-0.4, -0.2) is 9.55 Å². The maximum absolute atomic E-state index is 6.04. The van der Waals surface area contributed by atoms with Crippen molar-refractivity contribution in [3.8, 4) is 0 Å². The number of halogens is 2. The molecule has 1 aromatic carbocycles. The highest BCUT2D eigenvalue weighted by atomic mass is 35.5. The number of anilines is 1. The van der Waals surface area contributed by atoms with Gasteiger partial charge in [0, 0.05) is 4.88 Å². The fourth-order valence-electron chi connectivity index (χ4n) is 1.86. The number of hydrogen-bond acceptors (Lipinski definition) is 3. The summed E-state index contributed by atoms with van der Waals surface area (Å²) in [5.41, 5.74) is 7.60. The van der Waals surface area contributed by atoms with Gasteiger partial charge in [-0.25, -0.2) is 4.98 Å². The summed E-state index contributed by atoms with van der Waals surface area (Å²) in [6.07, 6.45) is 0. The van der Waals surface area contributed by atoms with Crippen LogP contribution in [0.3, 0.4) is 0 Å². The van der Waals surface area contributed by atoms with E-state index in [2.05, 4.69) is 11.1 Å². The van der Waals surface area contributed by atoms with E-state index in [0.717, 1.165) is 11.0 Å². The molecule has 0 unspecified atom stereocenters. The maximum atomic E-state index is 6.04. The molecule has 0 aliphatic carbocycles. The zero-order chi connectivity index (χ0) is 12.7. The first-order chi connectivity index (χ1) is 8.65. The van der Waals surface area contributed by atoms with Crippen LogP contribution < -0.4 is 5.73 Å². The standard InChI is InChI=1S/C12H9Cl2N3S/c13-8-4-10-11(5-9(8)14)17(12(15)16-10)6-7-2-1-3-18-7/h1-5H,6H2,(H2,15,16). The Labute approximate surface area is 118 Å². The van der Waals surface area contributed by atoms with Gasteiger partial charge in [-0.05, 0) is 23.6 Å². The van der Waals surface area contributed by atoms with Gasteiger partial charge in [-0.3, -0.25) is 0 Å². The molecule has 0 atom stereocenters. The number of fused-ring (bicyclic) bond motifs is 1. The van der Waals surface area contributed by atoms with Crippen molar-refractivity contribution in [2.75, 3.05) is 5.73 Å². The molecule has 2 heterocycles. The van der Waals surface area contributed by atoms with Gasteiger partial charge in [0.25, 0.3) is 0 Å². The number of nitrogens with zero attached hydrogens (tertiary/aromatic N) is 2. The molecule has 0 aliphatic heterocycles. The number of nitrogen functional groups attached to an aromatic ring is 1. The van der Waals surface area contributed by atoms with Gasteiger partial charge >= 0.3 is 0 Å². The number of rotatable bonds is 2. The van der Waals surface area contributed by atoms with Gasteiger partial charge < -0.3 is 10.3 Å². The molecule has 3 nitrogen and oxygen atoms in total. The lowest BCUT2D eigenvalue weighted by Gasteiger charge is -2.05. The van der Waals surface area contributed by atoms with Crippen molar-refractivity contribution in [2.45, 2.75) is 6.54 Å². The highest BCUT2D eigenvalue weighted by Crippen LogP contribution is 2.29. The third kappa shape index (κ3) is 1.96. The first-order valence-electron chi connectivity index (χ1n) is 5.28. The summed E-state index contributed by atoms with van der Waals surface area (Å²) in [5.74, 6) is 0.469. The summed E-state index contributed by atoms with van der Waals surface area (Å²) in [6, 6.07) is 7.61. The smallest absolute Gasteiger partial charge is 0.201 e. The number of benzene rings is 1. The number of aromatic nitrogens is 2. The molecule has 6 heteroatoms. The zero-order valence-electron chi connectivity index (χ0n) is 9.23. The Kier molecular flexibility index (Phi) is 2.93. The van der Waals surface area contributed by atoms with Crippen molar-refractivity contribution in [1.29, 1.82) is 0 Å². The SMILES string of the molecule is Nc1nc2cc(Cl)c(Cl)cc2n1Cc1cccs1. The summed E-state index contributed by atoms with van der Waals surface area (Å²) in [6.45, 7) is 0.692. The lowest BCUT2D eigenvalue weighted by Crippen LogP contribution is -2.03. The molecule has 2 N–H and O–H groups in total. The minimum atomic E-state index is 0.469. The van der Waals surface area contributed by atoms with Crippen LogP contribution in [0.5, 0.6) is 0 Å². The molecule has 0 amide bonds. The van der Waals surface area contributed by atoms with Gasteiger partial charge in [0.05, 0.1) is 27.6 Å². The topological polar surface area (TPSA) is 43.8 Å². The number of thiophene rings is 1. The second-order valence-corrected chi connectivity index (χ2v) is 5.74. The first-order valence-corrected chi connectivity index (χ1v) is 6.92. The van der Waals surface area contributed by atoms with Crippen molar-refractivity contribution in [1.82, 2.24) is 9.55 Å². The Morgan fingerprint density at radius 1 is 1.28 bits per heavy atom.